The zero-order valence-electron chi connectivity index (χ0n) is 9.95. The summed E-state index contributed by atoms with van der Waals surface area (Å²) in [6, 6.07) is 2.19. The molecule has 1 N–H and O–H groups in total. The van der Waals surface area contributed by atoms with Gasteiger partial charge in [0.1, 0.15) is 0 Å². The van der Waals surface area contributed by atoms with Gasteiger partial charge in [-0.15, -0.1) is 0 Å². The molecular weight excluding hydrogens is 186 g/mol. The summed E-state index contributed by atoms with van der Waals surface area (Å²) in [5.74, 6) is 0. The van der Waals surface area contributed by atoms with Crippen LogP contribution in [0.3, 0.4) is 0 Å². The second kappa shape index (κ2) is 6.53. The number of likely N-dealkylation sites (N-methyl/N-ethyl adjacent to an activating group) is 2. The van der Waals surface area contributed by atoms with Gasteiger partial charge >= 0.3 is 0 Å². The minimum absolute atomic E-state index is 0.972. The quantitative estimate of drug-likeness (QED) is 0.715. The van der Waals surface area contributed by atoms with Gasteiger partial charge in [-0.05, 0) is 31.6 Å². The first kappa shape index (κ1) is 12.1. The van der Waals surface area contributed by atoms with Crippen LogP contribution in [0.2, 0.25) is 0 Å². The molecule has 1 rings (SSSR count). The molecule has 1 aromatic rings. The largest absolute Gasteiger partial charge is 0.316 e. The fraction of sp³-hybridized carbons (Fsp3) is 0.583. The van der Waals surface area contributed by atoms with Crippen molar-refractivity contribution >= 4 is 0 Å². The molecule has 0 aromatic carbocycles. The first-order valence-electron chi connectivity index (χ1n) is 5.52. The monoisotopic (exact) mass is 207 g/mol. The molecule has 1 heterocycles. The van der Waals surface area contributed by atoms with E-state index in [1.807, 2.05) is 12.4 Å². The Bertz CT molecular complexity index is 286. The Kier molecular flexibility index (Phi) is 5.29. The Morgan fingerprint density at radius 2 is 2.20 bits per heavy atom. The summed E-state index contributed by atoms with van der Waals surface area (Å²) in [4.78, 5) is 6.50. The van der Waals surface area contributed by atoms with Crippen molar-refractivity contribution in [1.82, 2.24) is 15.2 Å². The van der Waals surface area contributed by atoms with Crippen LogP contribution in [0, 0.1) is 6.92 Å². The lowest BCUT2D eigenvalue weighted by atomic mass is 10.2. The predicted octanol–water partition coefficient (Wildman–Crippen LogP) is 1.43. The summed E-state index contributed by atoms with van der Waals surface area (Å²) in [6.45, 7) is 8.34. The Hall–Kier alpha value is -0.930. The van der Waals surface area contributed by atoms with Crippen LogP contribution >= 0.6 is 0 Å². The number of hydrogen-bond donors (Lipinski definition) is 1. The Labute approximate surface area is 92.5 Å². The van der Waals surface area contributed by atoms with Gasteiger partial charge in [0.25, 0.3) is 0 Å². The van der Waals surface area contributed by atoms with E-state index in [2.05, 4.69) is 42.2 Å². The standard InChI is InChI=1S/C12H21N3/c1-4-13-5-6-15(3)10-12-7-11(2)8-14-9-12/h7-9,13H,4-6,10H2,1-3H3. The fourth-order valence-electron chi connectivity index (χ4n) is 1.54. The lowest BCUT2D eigenvalue weighted by molar-refractivity contribution is 0.325. The number of hydrogen-bond acceptors (Lipinski definition) is 3. The molecule has 0 unspecified atom stereocenters. The van der Waals surface area contributed by atoms with Crippen LogP contribution in [0.4, 0.5) is 0 Å². The van der Waals surface area contributed by atoms with Crippen LogP contribution in [0.1, 0.15) is 18.1 Å². The van der Waals surface area contributed by atoms with E-state index in [0.29, 0.717) is 0 Å². The van der Waals surface area contributed by atoms with E-state index in [1.54, 1.807) is 0 Å². The predicted molar refractivity (Wildman–Crippen MR) is 63.9 cm³/mol. The van der Waals surface area contributed by atoms with E-state index >= 15 is 0 Å². The van der Waals surface area contributed by atoms with Gasteiger partial charge in [-0.1, -0.05) is 13.0 Å². The number of aryl methyl sites for hydroxylation is 1. The second-order valence-corrected chi connectivity index (χ2v) is 3.96. The fourth-order valence-corrected chi connectivity index (χ4v) is 1.54. The molecule has 3 heteroatoms. The average Bonchev–Trinajstić information content (AvgIpc) is 2.18. The summed E-state index contributed by atoms with van der Waals surface area (Å²) in [6.07, 6.45) is 3.83. The van der Waals surface area contributed by atoms with Crippen molar-refractivity contribution < 1.29 is 0 Å². The van der Waals surface area contributed by atoms with Gasteiger partial charge < -0.3 is 10.2 Å². The van der Waals surface area contributed by atoms with Crippen molar-refractivity contribution in [1.29, 1.82) is 0 Å². The lowest BCUT2D eigenvalue weighted by Gasteiger charge is -2.16. The summed E-state index contributed by atoms with van der Waals surface area (Å²) < 4.78 is 0. The Morgan fingerprint density at radius 1 is 1.40 bits per heavy atom. The van der Waals surface area contributed by atoms with E-state index in [9.17, 15) is 0 Å². The van der Waals surface area contributed by atoms with Crippen molar-refractivity contribution in [2.24, 2.45) is 0 Å². The van der Waals surface area contributed by atoms with Gasteiger partial charge in [0.2, 0.25) is 0 Å². The maximum Gasteiger partial charge on any atom is 0.0313 e. The zero-order chi connectivity index (χ0) is 11.1. The molecule has 0 aliphatic carbocycles. The molecule has 0 atom stereocenters. The number of pyridine rings is 1. The molecule has 0 aliphatic rings. The molecule has 0 amide bonds. The molecule has 0 aliphatic heterocycles. The van der Waals surface area contributed by atoms with E-state index in [-0.39, 0.29) is 0 Å². The first-order valence-corrected chi connectivity index (χ1v) is 5.52. The Morgan fingerprint density at radius 3 is 2.87 bits per heavy atom. The summed E-state index contributed by atoms with van der Waals surface area (Å²) in [5.41, 5.74) is 2.52. The molecule has 0 radical (unpaired) electrons. The second-order valence-electron chi connectivity index (χ2n) is 3.96. The highest BCUT2D eigenvalue weighted by molar-refractivity contribution is 5.16. The van der Waals surface area contributed by atoms with Gasteiger partial charge in [-0.2, -0.15) is 0 Å². The van der Waals surface area contributed by atoms with E-state index in [0.717, 1.165) is 26.2 Å². The number of aromatic nitrogens is 1. The molecule has 3 nitrogen and oxygen atoms in total. The van der Waals surface area contributed by atoms with Crippen molar-refractivity contribution in [3.63, 3.8) is 0 Å². The van der Waals surface area contributed by atoms with E-state index < -0.39 is 0 Å². The highest BCUT2D eigenvalue weighted by Crippen LogP contribution is 2.03. The average molecular weight is 207 g/mol. The molecule has 1 aromatic heterocycles. The molecule has 0 saturated carbocycles. The lowest BCUT2D eigenvalue weighted by Crippen LogP contribution is -2.28. The van der Waals surface area contributed by atoms with E-state index in [4.69, 9.17) is 0 Å². The SMILES string of the molecule is CCNCCN(C)Cc1cncc(C)c1. The van der Waals surface area contributed by atoms with Gasteiger partial charge in [0.15, 0.2) is 0 Å². The zero-order valence-corrected chi connectivity index (χ0v) is 9.95. The summed E-state index contributed by atoms with van der Waals surface area (Å²) in [7, 11) is 2.14. The molecule has 0 saturated heterocycles. The van der Waals surface area contributed by atoms with Crippen LogP contribution in [0.25, 0.3) is 0 Å². The first-order chi connectivity index (χ1) is 7.22. The maximum atomic E-state index is 4.19. The van der Waals surface area contributed by atoms with Crippen LogP contribution in [0.5, 0.6) is 0 Å². The maximum absolute atomic E-state index is 4.19. The highest BCUT2D eigenvalue weighted by Gasteiger charge is 2.00. The summed E-state index contributed by atoms with van der Waals surface area (Å²) in [5, 5.41) is 3.32. The van der Waals surface area contributed by atoms with Crippen LogP contribution in [-0.4, -0.2) is 36.6 Å². The third-order valence-electron chi connectivity index (χ3n) is 2.30. The van der Waals surface area contributed by atoms with Gasteiger partial charge in [0, 0.05) is 32.0 Å². The highest BCUT2D eigenvalue weighted by atomic mass is 15.1. The molecule has 0 fully saturated rings. The van der Waals surface area contributed by atoms with Crippen molar-refractivity contribution in [2.45, 2.75) is 20.4 Å². The topological polar surface area (TPSA) is 28.2 Å². The normalized spacial score (nSPS) is 10.9. The van der Waals surface area contributed by atoms with Gasteiger partial charge in [-0.3, -0.25) is 4.98 Å². The third kappa shape index (κ3) is 4.91. The smallest absolute Gasteiger partial charge is 0.0313 e. The molecule has 0 bridgehead atoms. The minimum atomic E-state index is 0.972. The number of rotatable bonds is 6. The number of nitrogens with one attached hydrogen (secondary N) is 1. The molecule has 15 heavy (non-hydrogen) atoms. The Balaban J connectivity index is 2.34. The van der Waals surface area contributed by atoms with Gasteiger partial charge in [-0.25, -0.2) is 0 Å². The van der Waals surface area contributed by atoms with Crippen LogP contribution < -0.4 is 5.32 Å². The van der Waals surface area contributed by atoms with Gasteiger partial charge in [0.05, 0.1) is 0 Å². The van der Waals surface area contributed by atoms with Crippen molar-refractivity contribution in [2.75, 3.05) is 26.7 Å². The molecule has 84 valence electrons. The van der Waals surface area contributed by atoms with Crippen molar-refractivity contribution in [3.05, 3.63) is 29.6 Å². The van der Waals surface area contributed by atoms with Crippen LogP contribution in [0.15, 0.2) is 18.5 Å². The molecular formula is C12H21N3. The van der Waals surface area contributed by atoms with Crippen LogP contribution in [-0.2, 0) is 6.54 Å². The minimum Gasteiger partial charge on any atom is -0.316 e. The summed E-state index contributed by atoms with van der Waals surface area (Å²) >= 11 is 0. The van der Waals surface area contributed by atoms with Crippen molar-refractivity contribution in [3.8, 4) is 0 Å². The van der Waals surface area contributed by atoms with E-state index in [1.165, 1.54) is 11.1 Å². The molecule has 0 spiro atoms. The number of nitrogens with zero attached hydrogens (tertiary/aromatic N) is 2. The third-order valence-corrected chi connectivity index (χ3v) is 2.30.